The highest BCUT2D eigenvalue weighted by Gasteiger charge is 2.52. The number of fused-ring (bicyclic) bond motifs is 7. The van der Waals surface area contributed by atoms with Gasteiger partial charge in [0.1, 0.15) is 30.0 Å². The van der Waals surface area contributed by atoms with E-state index in [1.54, 1.807) is 28.0 Å². The lowest BCUT2D eigenvalue weighted by atomic mass is 9.79. The Morgan fingerprint density at radius 2 is 1.58 bits per heavy atom. The summed E-state index contributed by atoms with van der Waals surface area (Å²) in [6, 6.07) is 22.9. The molecule has 3 aromatic carbocycles. The van der Waals surface area contributed by atoms with Gasteiger partial charge < -0.3 is 4.74 Å². The maximum absolute atomic E-state index is 14.1. The van der Waals surface area contributed by atoms with Crippen molar-refractivity contribution in [3.63, 3.8) is 0 Å². The number of alkyl halides is 2. The van der Waals surface area contributed by atoms with Crippen LogP contribution in [0, 0.1) is 11.8 Å². The maximum Gasteiger partial charge on any atom is 0.419 e. The number of hydrogen-bond acceptors (Lipinski definition) is 10. The largest absolute Gasteiger partial charge is 0.444 e. The summed E-state index contributed by atoms with van der Waals surface area (Å²) in [5.74, 6) is -2.88. The highest BCUT2D eigenvalue weighted by molar-refractivity contribution is 7.32. The minimum Gasteiger partial charge on any atom is -0.444 e. The van der Waals surface area contributed by atoms with Crippen molar-refractivity contribution in [3.05, 3.63) is 78.4 Å². The monoisotopic (exact) mass is 696 g/mol. The van der Waals surface area contributed by atoms with Crippen molar-refractivity contribution in [2.75, 3.05) is 0 Å². The first-order valence-corrected chi connectivity index (χ1v) is 17.6. The zero-order valence-corrected chi connectivity index (χ0v) is 27.2. The molecule has 2 aliphatic carbocycles. The molecule has 7 aromatic rings. The summed E-state index contributed by atoms with van der Waals surface area (Å²) in [6.45, 7) is 0.129. The molecule has 48 heavy (non-hydrogen) atoms. The second-order valence-electron chi connectivity index (χ2n) is 12.0. The summed E-state index contributed by atoms with van der Waals surface area (Å²) < 4.78 is 47.6. The average molecular weight is 697 g/mol. The molecule has 0 N–H and O–H groups in total. The van der Waals surface area contributed by atoms with Crippen molar-refractivity contribution in [3.8, 4) is 10.4 Å². The molecule has 0 radical (unpaired) electrons. The van der Waals surface area contributed by atoms with Crippen molar-refractivity contribution < 1.29 is 27.9 Å². The van der Waals surface area contributed by atoms with Crippen molar-refractivity contribution in [1.29, 1.82) is 0 Å². The van der Waals surface area contributed by atoms with Gasteiger partial charge in [-0.05, 0) is 42.7 Å². The number of benzene rings is 3. The second-order valence-corrected chi connectivity index (χ2v) is 14.6. The van der Waals surface area contributed by atoms with E-state index < -0.39 is 41.8 Å². The highest BCUT2D eigenvalue weighted by atomic mass is 32.1. The molecule has 0 spiro atoms. The molecule has 0 saturated heterocycles. The van der Waals surface area contributed by atoms with Gasteiger partial charge in [0.05, 0.1) is 37.8 Å². The lowest BCUT2D eigenvalue weighted by Crippen LogP contribution is -2.35. The van der Waals surface area contributed by atoms with Crippen molar-refractivity contribution in [1.82, 2.24) is 13.3 Å². The lowest BCUT2D eigenvalue weighted by molar-refractivity contribution is -0.123. The summed E-state index contributed by atoms with van der Waals surface area (Å²) in [5, 5.41) is 0.966. The second kappa shape index (κ2) is 11.2. The van der Waals surface area contributed by atoms with E-state index in [2.05, 4.69) is 13.7 Å². The van der Waals surface area contributed by atoms with Crippen LogP contribution in [0.5, 0.6) is 0 Å². The number of ether oxygens (including phenoxy) is 1. The normalized spacial score (nSPS) is 21.2. The molecule has 4 heterocycles. The summed E-state index contributed by atoms with van der Waals surface area (Å²) in [6.07, 6.45) is -4.65. The number of hydrogen-bond donors (Lipinski definition) is 0. The molecular weight excluding hydrogens is 675 g/mol. The maximum atomic E-state index is 14.1. The van der Waals surface area contributed by atoms with Gasteiger partial charge in [0.25, 0.3) is 0 Å². The fourth-order valence-corrected chi connectivity index (χ4v) is 9.94. The van der Waals surface area contributed by atoms with Crippen molar-refractivity contribution in [2.24, 2.45) is 16.8 Å². The van der Waals surface area contributed by atoms with E-state index in [9.17, 15) is 23.2 Å². The van der Waals surface area contributed by atoms with Crippen LogP contribution in [-0.2, 0) is 20.9 Å². The van der Waals surface area contributed by atoms with Crippen LogP contribution in [0.1, 0.15) is 18.4 Å². The standard InChI is InChI=1S/C35H22F2N4O4S3/c36-21-12-19-20(13-22(21)37)32(43)29(31(19)42)38-23-11-10-17(27-28(23)40-48-39-27)26-14-24-33(47-26)34-30(18-8-4-5-9-25(18)46-34)41(24)35(44)45-15-16-6-2-1-3-7-16/h1-11,14,19-22H,12-13,15H2. The average Bonchev–Trinajstić information content (AvgIpc) is 3.91. The number of aromatic nitrogens is 3. The van der Waals surface area contributed by atoms with Gasteiger partial charge in [-0.15, -0.1) is 22.7 Å². The smallest absolute Gasteiger partial charge is 0.419 e. The van der Waals surface area contributed by atoms with Gasteiger partial charge in [-0.25, -0.2) is 23.1 Å². The molecule has 0 amide bonds. The van der Waals surface area contributed by atoms with Crippen LogP contribution < -0.4 is 0 Å². The van der Waals surface area contributed by atoms with Crippen LogP contribution in [0.15, 0.2) is 77.8 Å². The van der Waals surface area contributed by atoms with E-state index in [4.69, 9.17) is 4.74 Å². The number of rotatable bonds is 4. The quantitative estimate of drug-likeness (QED) is 0.182. The number of halogens is 2. The molecular formula is C35H22F2N4O4S3. The number of carbonyl (C=O) groups is 3. The molecule has 2 fully saturated rings. The lowest BCUT2D eigenvalue weighted by Gasteiger charge is -2.27. The Hall–Kier alpha value is -4.72. The molecule has 4 atom stereocenters. The Kier molecular flexibility index (Phi) is 6.85. The number of aliphatic imine (C=N–C) groups is 1. The van der Waals surface area contributed by atoms with E-state index in [0.717, 1.165) is 52.7 Å². The van der Waals surface area contributed by atoms with Gasteiger partial charge >= 0.3 is 6.09 Å². The third kappa shape index (κ3) is 4.48. The Bertz CT molecular complexity index is 2470. The van der Waals surface area contributed by atoms with Crippen LogP contribution in [-0.4, -0.2) is 49.0 Å². The number of thiophene rings is 2. The third-order valence-electron chi connectivity index (χ3n) is 9.21. The molecule has 2 saturated carbocycles. The van der Waals surface area contributed by atoms with Crippen LogP contribution in [0.4, 0.5) is 19.3 Å². The van der Waals surface area contributed by atoms with Gasteiger partial charge in [-0.3, -0.25) is 9.59 Å². The number of carbonyl (C=O) groups excluding carboxylic acids is 3. The predicted octanol–water partition coefficient (Wildman–Crippen LogP) is 8.85. The minimum atomic E-state index is -1.77. The minimum absolute atomic E-state index is 0.129. The van der Waals surface area contributed by atoms with Gasteiger partial charge in [0.15, 0.2) is 17.3 Å². The summed E-state index contributed by atoms with van der Waals surface area (Å²) >= 11 is 4.11. The topological polar surface area (TPSA) is 104 Å². The molecule has 238 valence electrons. The van der Waals surface area contributed by atoms with E-state index in [0.29, 0.717) is 16.6 Å². The molecule has 13 heteroatoms. The van der Waals surface area contributed by atoms with Crippen LogP contribution >= 0.6 is 34.4 Å². The van der Waals surface area contributed by atoms with Gasteiger partial charge in [-0.1, -0.05) is 48.5 Å². The van der Waals surface area contributed by atoms with Gasteiger partial charge in [0.2, 0.25) is 0 Å². The molecule has 8 nitrogen and oxygen atoms in total. The van der Waals surface area contributed by atoms with E-state index in [-0.39, 0.29) is 30.8 Å². The Morgan fingerprint density at radius 3 is 2.35 bits per heavy atom. The van der Waals surface area contributed by atoms with Gasteiger partial charge in [-0.2, -0.15) is 8.75 Å². The van der Waals surface area contributed by atoms with Crippen molar-refractivity contribution in [2.45, 2.75) is 31.8 Å². The first kappa shape index (κ1) is 29.4. The Balaban J connectivity index is 1.13. The molecule has 4 aromatic heterocycles. The predicted molar refractivity (Wildman–Crippen MR) is 184 cm³/mol. The fraction of sp³-hybridized carbons (Fsp3) is 0.200. The first-order chi connectivity index (χ1) is 23.4. The summed E-state index contributed by atoms with van der Waals surface area (Å²) in [4.78, 5) is 45.3. The number of Topliss-reactive ketones (excluding diaryl/α,β-unsaturated/α-hetero) is 2. The van der Waals surface area contributed by atoms with E-state index >= 15 is 0 Å². The zero-order chi connectivity index (χ0) is 32.7. The molecule has 0 bridgehead atoms. The first-order valence-electron chi connectivity index (χ1n) is 15.2. The van der Waals surface area contributed by atoms with Gasteiger partial charge in [0, 0.05) is 32.4 Å². The van der Waals surface area contributed by atoms with Crippen LogP contribution in [0.2, 0.25) is 0 Å². The highest BCUT2D eigenvalue weighted by Crippen LogP contribution is 2.48. The Morgan fingerprint density at radius 1 is 0.875 bits per heavy atom. The zero-order valence-electron chi connectivity index (χ0n) is 24.8. The van der Waals surface area contributed by atoms with Crippen LogP contribution in [0.25, 0.3) is 52.0 Å². The molecule has 4 unspecified atom stereocenters. The SMILES string of the molecule is O=C1C(=Nc2ccc(-c3cc4c(s3)c3sc5ccccc5c3n4C(=O)OCc3ccccc3)c3nsnc23)C(=O)C2CC(F)C(F)CC12. The summed E-state index contributed by atoms with van der Waals surface area (Å²) in [5.41, 5.74) is 4.08. The number of nitrogens with zero attached hydrogens (tertiary/aromatic N) is 4. The fourth-order valence-electron chi connectivity index (χ4n) is 6.88. The van der Waals surface area contributed by atoms with Crippen molar-refractivity contribution >= 4 is 105 Å². The van der Waals surface area contributed by atoms with E-state index in [1.807, 2.05) is 60.7 Å². The molecule has 2 aliphatic rings. The summed E-state index contributed by atoms with van der Waals surface area (Å²) in [7, 11) is 0. The third-order valence-corrected chi connectivity index (χ3v) is 12.2. The van der Waals surface area contributed by atoms with E-state index in [1.165, 1.54) is 11.3 Å². The Labute approximate surface area is 282 Å². The number of ketones is 2. The molecule has 0 aliphatic heterocycles. The molecule has 9 rings (SSSR count). The van der Waals surface area contributed by atoms with Crippen LogP contribution in [0.3, 0.4) is 0 Å².